The number of carbonyl (C=O) groups is 6. The lowest BCUT2D eigenvalue weighted by atomic mass is 9.62. The summed E-state index contributed by atoms with van der Waals surface area (Å²) in [6.45, 7) is 17.8. The van der Waals surface area contributed by atoms with Gasteiger partial charge in [-0.25, -0.2) is 24.4 Å². The van der Waals surface area contributed by atoms with E-state index in [9.17, 15) is 28.8 Å². The Bertz CT molecular complexity index is 1120. The van der Waals surface area contributed by atoms with E-state index in [2.05, 4.69) is 13.2 Å². The lowest BCUT2D eigenvalue weighted by Gasteiger charge is -2.57. The predicted octanol–water partition coefficient (Wildman–Crippen LogP) is 1.99. The number of ether oxygens (including phenoxy) is 2. The maximum Gasteiger partial charge on any atom is 0.429 e. The second-order valence-corrected chi connectivity index (χ2v) is 14.4. The predicted molar refractivity (Wildman–Crippen MR) is 155 cm³/mol. The van der Waals surface area contributed by atoms with Gasteiger partial charge in [0.15, 0.2) is 9.04 Å². The molecule has 2 saturated heterocycles. The first-order valence-electron chi connectivity index (χ1n) is 13.8. The number of nitrogens with zero attached hydrogens (tertiary/aromatic N) is 4. The van der Waals surface area contributed by atoms with E-state index in [1.165, 1.54) is 31.1 Å². The normalized spacial score (nSPS) is 21.8. The molecule has 2 aliphatic rings. The van der Waals surface area contributed by atoms with Crippen LogP contribution in [0.2, 0.25) is 13.1 Å². The molecule has 5 amide bonds. The van der Waals surface area contributed by atoms with Crippen molar-refractivity contribution in [2.24, 2.45) is 17.3 Å². The van der Waals surface area contributed by atoms with Gasteiger partial charge in [0.25, 0.3) is 0 Å². The van der Waals surface area contributed by atoms with Crippen LogP contribution in [0.25, 0.3) is 0 Å². The third kappa shape index (κ3) is 7.09. The van der Waals surface area contributed by atoms with E-state index in [1.807, 2.05) is 33.9 Å². The third-order valence-electron chi connectivity index (χ3n) is 7.59. The van der Waals surface area contributed by atoms with Gasteiger partial charge in [0.2, 0.25) is 5.91 Å². The number of likely N-dealkylation sites (tertiary alicyclic amines) is 1. The number of imide groups is 1. The number of rotatable bonds is 10. The van der Waals surface area contributed by atoms with Gasteiger partial charge in [-0.2, -0.15) is 0 Å². The Labute approximate surface area is 249 Å². The van der Waals surface area contributed by atoms with Gasteiger partial charge in [-0.3, -0.25) is 19.3 Å². The molecule has 0 aromatic rings. The number of esters is 1. The van der Waals surface area contributed by atoms with Crippen LogP contribution in [0.15, 0.2) is 25.3 Å². The Balaban J connectivity index is 2.45. The fourth-order valence-electron chi connectivity index (χ4n) is 5.15. The summed E-state index contributed by atoms with van der Waals surface area (Å²) in [5.74, 6) is -5.21. The average molecular weight is 609 g/mol. The third-order valence-corrected chi connectivity index (χ3v) is 8.55. The quantitative estimate of drug-likeness (QED) is 0.120. The number of amides is 5. The second-order valence-electron chi connectivity index (χ2n) is 12.0. The molecule has 14 heteroatoms. The number of hydrogen-bond donors (Lipinski definition) is 0. The molecule has 42 heavy (non-hydrogen) atoms. The Hall–Kier alpha value is -3.52. The van der Waals surface area contributed by atoms with Crippen LogP contribution in [-0.4, -0.2) is 117 Å². The van der Waals surface area contributed by atoms with Gasteiger partial charge in [0, 0.05) is 20.5 Å². The molecular weight excluding hydrogens is 564 g/mol. The molecule has 0 saturated carbocycles. The van der Waals surface area contributed by atoms with Gasteiger partial charge in [0.05, 0.1) is 36.6 Å². The van der Waals surface area contributed by atoms with E-state index in [-0.39, 0.29) is 32.7 Å². The summed E-state index contributed by atoms with van der Waals surface area (Å²) >= 11 is 0. The van der Waals surface area contributed by atoms with Gasteiger partial charge in [0.1, 0.15) is 19.0 Å². The summed E-state index contributed by atoms with van der Waals surface area (Å²) in [5.41, 5.74) is -1.65. The van der Waals surface area contributed by atoms with Crippen molar-refractivity contribution in [1.82, 2.24) is 19.8 Å². The number of carbonyl (C=O) groups excluding carboxylic acids is 6. The van der Waals surface area contributed by atoms with Gasteiger partial charge < -0.3 is 18.8 Å². The summed E-state index contributed by atoms with van der Waals surface area (Å²) in [5, 5.41) is 2.18. The fraction of sp³-hybridized carbons (Fsp3) is 0.643. The molecule has 2 heterocycles. The zero-order valence-electron chi connectivity index (χ0n) is 25.9. The van der Waals surface area contributed by atoms with E-state index in [1.54, 1.807) is 6.92 Å². The maximum atomic E-state index is 13.8. The molecule has 0 aromatic carbocycles. The van der Waals surface area contributed by atoms with Crippen LogP contribution in [0.3, 0.4) is 0 Å². The van der Waals surface area contributed by atoms with Gasteiger partial charge >= 0.3 is 24.0 Å². The van der Waals surface area contributed by atoms with Crippen LogP contribution in [0.5, 0.6) is 0 Å². The molecule has 0 aliphatic carbocycles. The van der Waals surface area contributed by atoms with E-state index in [0.29, 0.717) is 0 Å². The van der Waals surface area contributed by atoms with Crippen molar-refractivity contribution in [2.75, 3.05) is 40.4 Å². The van der Waals surface area contributed by atoms with Crippen molar-refractivity contribution in [3.8, 4) is 0 Å². The van der Waals surface area contributed by atoms with E-state index in [0.717, 1.165) is 14.9 Å². The zero-order valence-corrected chi connectivity index (χ0v) is 27.0. The monoisotopic (exact) mass is 608 g/mol. The number of ketones is 1. The van der Waals surface area contributed by atoms with Crippen LogP contribution < -0.4 is 0 Å². The first-order valence-corrected chi connectivity index (χ1v) is 16.6. The van der Waals surface area contributed by atoms with Crippen LogP contribution in [0, 0.1) is 17.3 Å². The lowest BCUT2D eigenvalue weighted by Crippen LogP contribution is -2.74. The molecule has 4 atom stereocenters. The topological polar surface area (TPSA) is 143 Å². The average Bonchev–Trinajstić information content (AvgIpc) is 3.34. The van der Waals surface area contributed by atoms with Gasteiger partial charge in [-0.1, -0.05) is 46.1 Å². The van der Waals surface area contributed by atoms with Crippen molar-refractivity contribution in [1.29, 1.82) is 0 Å². The first kappa shape index (κ1) is 34.7. The molecule has 1 unspecified atom stereocenters. The largest absolute Gasteiger partial charge is 0.454 e. The van der Waals surface area contributed by atoms with Crippen molar-refractivity contribution in [3.05, 3.63) is 25.3 Å². The number of hydrogen-bond acceptors (Lipinski definition) is 9. The van der Waals surface area contributed by atoms with Crippen molar-refractivity contribution in [3.63, 3.8) is 0 Å². The number of β-lactam (4-membered cyclic amide) rings is 1. The molecule has 0 bridgehead atoms. The molecule has 13 nitrogen and oxygen atoms in total. The molecule has 0 N–H and O–H groups in total. The van der Waals surface area contributed by atoms with Crippen LogP contribution in [0.1, 0.15) is 34.1 Å². The molecule has 2 fully saturated rings. The SMILES string of the molecule is C=CCOC(=O)C(=O)N1C(=O)[C@H]([C@@](C)(O[SiH](C)C)C(C)(C)C)[C@H]1CC(=O)C1CN(C(=O)OCC=C)N(C(=O)N(C)C)C1. The van der Waals surface area contributed by atoms with Gasteiger partial charge in [-0.05, 0) is 25.4 Å². The fourth-order valence-corrected chi connectivity index (χ4v) is 6.63. The Kier molecular flexibility index (Phi) is 11.3. The number of urea groups is 1. The minimum absolute atomic E-state index is 0.0899. The Morgan fingerprint density at radius 3 is 2.02 bits per heavy atom. The maximum absolute atomic E-state index is 13.8. The second kappa shape index (κ2) is 13.6. The molecule has 234 valence electrons. The minimum Gasteiger partial charge on any atom is -0.454 e. The molecule has 0 spiro atoms. The summed E-state index contributed by atoms with van der Waals surface area (Å²) in [6, 6.07) is -1.54. The minimum atomic E-state index is -1.74. The highest BCUT2D eigenvalue weighted by Gasteiger charge is 2.64. The summed E-state index contributed by atoms with van der Waals surface area (Å²) in [7, 11) is 1.28. The van der Waals surface area contributed by atoms with E-state index >= 15 is 0 Å². The molecule has 0 radical (unpaired) electrons. The molecule has 2 rings (SSSR count). The summed E-state index contributed by atoms with van der Waals surface area (Å²) in [4.78, 5) is 80.5. The summed E-state index contributed by atoms with van der Waals surface area (Å²) in [6.07, 6.45) is 1.53. The number of hydrazine groups is 1. The first-order chi connectivity index (χ1) is 19.4. The standard InChI is InChI=1S/C28H44N4O9Si/c1-11-13-39-24(36)23(35)32-19(21(22(32)34)28(6,27(3,4)5)41-42(9)10)15-20(33)18-16-30(25(37)29(7)8)31(17-18)26(38)40-14-12-2/h11-12,18-19,21,42H,1-2,13-17H2,3-10H3/t18?,19-,21-,28-/m1/s1. The highest BCUT2D eigenvalue weighted by Crippen LogP contribution is 2.49. The highest BCUT2D eigenvalue weighted by atomic mass is 28.3. The lowest BCUT2D eigenvalue weighted by molar-refractivity contribution is -0.194. The molecular formula is C28H44N4O9Si. The smallest absolute Gasteiger partial charge is 0.429 e. The molecule has 2 aliphatic heterocycles. The van der Waals surface area contributed by atoms with E-state index < -0.39 is 73.6 Å². The van der Waals surface area contributed by atoms with Gasteiger partial charge in [-0.15, -0.1) is 0 Å². The van der Waals surface area contributed by atoms with Crippen LogP contribution in [0.4, 0.5) is 9.59 Å². The Morgan fingerprint density at radius 1 is 0.976 bits per heavy atom. The highest BCUT2D eigenvalue weighted by molar-refractivity contribution is 6.48. The van der Waals surface area contributed by atoms with Crippen LogP contribution >= 0.6 is 0 Å². The van der Waals surface area contributed by atoms with Crippen molar-refractivity contribution < 1.29 is 42.7 Å². The summed E-state index contributed by atoms with van der Waals surface area (Å²) < 4.78 is 16.4. The van der Waals surface area contributed by atoms with Crippen molar-refractivity contribution in [2.45, 2.75) is 58.9 Å². The van der Waals surface area contributed by atoms with Crippen LogP contribution in [-0.2, 0) is 33.1 Å². The van der Waals surface area contributed by atoms with Crippen molar-refractivity contribution >= 4 is 44.7 Å². The number of Topliss-reactive ketones (excluding diaryl/α,β-unsaturated/α-hetero) is 1. The zero-order chi connectivity index (χ0) is 32.2. The Morgan fingerprint density at radius 2 is 1.52 bits per heavy atom. The van der Waals surface area contributed by atoms with E-state index in [4.69, 9.17) is 13.9 Å². The molecule has 0 aromatic heterocycles.